The van der Waals surface area contributed by atoms with Crippen LogP contribution in [0.4, 0.5) is 0 Å². The summed E-state index contributed by atoms with van der Waals surface area (Å²) >= 11 is 0. The van der Waals surface area contributed by atoms with Gasteiger partial charge >= 0.3 is 0 Å². The number of aryl methyl sites for hydroxylation is 1. The maximum atomic E-state index is 4.69. The molecule has 0 bridgehead atoms. The molecule has 8 nitrogen and oxygen atoms in total. The number of nitrogens with one attached hydrogen (secondary N) is 2. The maximum Gasteiger partial charge on any atom is 0.191 e. The van der Waals surface area contributed by atoms with Gasteiger partial charge in [-0.1, -0.05) is 31.2 Å². The molecule has 0 radical (unpaired) electrons. The van der Waals surface area contributed by atoms with E-state index in [0.717, 1.165) is 44.4 Å². The second kappa shape index (κ2) is 12.2. The second-order valence-corrected chi connectivity index (χ2v) is 6.47. The fourth-order valence-electron chi connectivity index (χ4n) is 2.89. The highest BCUT2D eigenvalue weighted by atomic mass is 127. The Morgan fingerprint density at radius 3 is 2.55 bits per heavy atom. The Labute approximate surface area is 188 Å². The average Bonchev–Trinajstić information content (AvgIpc) is 3.39. The summed E-state index contributed by atoms with van der Waals surface area (Å²) in [5.41, 5.74) is 2.43. The Hall–Kier alpha value is -2.43. The van der Waals surface area contributed by atoms with Gasteiger partial charge in [-0.3, -0.25) is 0 Å². The first kappa shape index (κ1) is 22.9. The van der Waals surface area contributed by atoms with Crippen LogP contribution in [0.5, 0.6) is 0 Å². The number of imidazole rings is 1. The lowest BCUT2D eigenvalue weighted by Crippen LogP contribution is -2.38. The Kier molecular flexibility index (Phi) is 9.62. The lowest BCUT2D eigenvalue weighted by molar-refractivity contribution is 0.632. The predicted molar refractivity (Wildman–Crippen MR) is 125 cm³/mol. The molecule has 0 aliphatic rings. The summed E-state index contributed by atoms with van der Waals surface area (Å²) in [6.07, 6.45) is 8.25. The van der Waals surface area contributed by atoms with Crippen LogP contribution in [-0.2, 0) is 26.1 Å². The number of nitrogens with zero attached hydrogens (tertiary/aromatic N) is 6. The highest BCUT2D eigenvalue weighted by molar-refractivity contribution is 14.0. The van der Waals surface area contributed by atoms with E-state index in [1.165, 1.54) is 11.1 Å². The summed E-state index contributed by atoms with van der Waals surface area (Å²) in [7, 11) is 0. The van der Waals surface area contributed by atoms with Gasteiger partial charge in [0.05, 0.1) is 12.9 Å². The van der Waals surface area contributed by atoms with E-state index in [-0.39, 0.29) is 24.0 Å². The molecule has 3 aromatic rings. The molecule has 0 saturated heterocycles. The van der Waals surface area contributed by atoms with Crippen LogP contribution in [0, 0.1) is 0 Å². The van der Waals surface area contributed by atoms with Gasteiger partial charge in [0.25, 0.3) is 0 Å². The van der Waals surface area contributed by atoms with Crippen molar-refractivity contribution in [1.29, 1.82) is 0 Å². The standard InChI is InChI=1S/C20H28N8.HI/c1-3-19-26-25-16-28(19)12-10-23-20(22-4-2)24-13-17-5-7-18(8-6-17)14-27-11-9-21-15-27;/h5-9,11,15-16H,3-4,10,12-14H2,1-2H3,(H2,22,23,24);1H. The fraction of sp³-hybridized carbons (Fsp3) is 0.400. The van der Waals surface area contributed by atoms with Crippen LogP contribution in [0.25, 0.3) is 0 Å². The minimum Gasteiger partial charge on any atom is -0.357 e. The van der Waals surface area contributed by atoms with Crippen LogP contribution in [0.3, 0.4) is 0 Å². The Bertz CT molecular complexity index is 855. The van der Waals surface area contributed by atoms with E-state index in [4.69, 9.17) is 0 Å². The van der Waals surface area contributed by atoms with Crippen LogP contribution in [0.2, 0.25) is 0 Å². The molecule has 2 aromatic heterocycles. The fourth-order valence-corrected chi connectivity index (χ4v) is 2.89. The van der Waals surface area contributed by atoms with Gasteiger partial charge in [0.1, 0.15) is 12.2 Å². The van der Waals surface area contributed by atoms with E-state index in [9.17, 15) is 0 Å². The predicted octanol–water partition coefficient (Wildman–Crippen LogP) is 2.46. The molecule has 0 unspecified atom stereocenters. The number of aliphatic imine (C=N–C) groups is 1. The van der Waals surface area contributed by atoms with Crippen molar-refractivity contribution in [2.75, 3.05) is 13.1 Å². The molecule has 3 rings (SSSR count). The zero-order valence-electron chi connectivity index (χ0n) is 17.0. The minimum absolute atomic E-state index is 0. The van der Waals surface area contributed by atoms with E-state index in [1.807, 2.05) is 12.5 Å². The van der Waals surface area contributed by atoms with Crippen molar-refractivity contribution in [1.82, 2.24) is 34.9 Å². The van der Waals surface area contributed by atoms with Crippen molar-refractivity contribution < 1.29 is 0 Å². The number of halogens is 1. The number of benzene rings is 1. The monoisotopic (exact) mass is 508 g/mol. The molecule has 1 aromatic carbocycles. The van der Waals surface area contributed by atoms with E-state index >= 15 is 0 Å². The van der Waals surface area contributed by atoms with Crippen LogP contribution in [0.15, 0.2) is 54.3 Å². The zero-order chi connectivity index (χ0) is 19.6. The number of guanidine groups is 1. The molecule has 0 aliphatic carbocycles. The van der Waals surface area contributed by atoms with Crippen molar-refractivity contribution in [2.24, 2.45) is 4.99 Å². The smallest absolute Gasteiger partial charge is 0.191 e. The zero-order valence-corrected chi connectivity index (χ0v) is 19.3. The molecule has 0 amide bonds. The normalized spacial score (nSPS) is 11.2. The molecule has 2 heterocycles. The van der Waals surface area contributed by atoms with Crippen molar-refractivity contribution in [3.8, 4) is 0 Å². The Balaban J connectivity index is 0.00000300. The molecule has 0 saturated carbocycles. The SMILES string of the molecule is CCNC(=NCc1ccc(Cn2ccnc2)cc1)NCCn1cnnc1CC.I. The van der Waals surface area contributed by atoms with Crippen molar-refractivity contribution in [3.05, 3.63) is 66.3 Å². The highest BCUT2D eigenvalue weighted by Gasteiger charge is 2.02. The van der Waals surface area contributed by atoms with Gasteiger partial charge in [-0.15, -0.1) is 34.2 Å². The summed E-state index contributed by atoms with van der Waals surface area (Å²) < 4.78 is 4.12. The molecule has 2 N–H and O–H groups in total. The van der Waals surface area contributed by atoms with Gasteiger partial charge in [-0.05, 0) is 18.1 Å². The molecule has 29 heavy (non-hydrogen) atoms. The third kappa shape index (κ3) is 7.15. The summed E-state index contributed by atoms with van der Waals surface area (Å²) in [5.74, 6) is 1.82. The topological polar surface area (TPSA) is 85.0 Å². The molecular formula is C20H29IN8. The summed E-state index contributed by atoms with van der Waals surface area (Å²) in [4.78, 5) is 8.76. The molecule has 9 heteroatoms. The van der Waals surface area contributed by atoms with Crippen molar-refractivity contribution in [2.45, 2.75) is 39.9 Å². The third-order valence-electron chi connectivity index (χ3n) is 4.37. The van der Waals surface area contributed by atoms with E-state index in [2.05, 4.69) is 78.1 Å². The van der Waals surface area contributed by atoms with Gasteiger partial charge in [0.2, 0.25) is 0 Å². The summed E-state index contributed by atoms with van der Waals surface area (Å²) in [5, 5.41) is 14.7. The summed E-state index contributed by atoms with van der Waals surface area (Å²) in [6, 6.07) is 8.54. The summed E-state index contributed by atoms with van der Waals surface area (Å²) in [6.45, 7) is 8.01. The maximum absolute atomic E-state index is 4.69. The van der Waals surface area contributed by atoms with Crippen LogP contribution in [0.1, 0.15) is 30.8 Å². The lowest BCUT2D eigenvalue weighted by Gasteiger charge is -2.12. The lowest BCUT2D eigenvalue weighted by atomic mass is 10.1. The first-order valence-corrected chi connectivity index (χ1v) is 9.71. The van der Waals surface area contributed by atoms with Gasteiger partial charge in [0.15, 0.2) is 5.96 Å². The Morgan fingerprint density at radius 1 is 1.07 bits per heavy atom. The van der Waals surface area contributed by atoms with E-state index < -0.39 is 0 Å². The van der Waals surface area contributed by atoms with E-state index in [1.54, 1.807) is 12.5 Å². The molecule has 0 fully saturated rings. The van der Waals surface area contributed by atoms with Gasteiger partial charge in [-0.2, -0.15) is 0 Å². The number of hydrogen-bond acceptors (Lipinski definition) is 4. The highest BCUT2D eigenvalue weighted by Crippen LogP contribution is 2.07. The van der Waals surface area contributed by atoms with Crippen molar-refractivity contribution in [3.63, 3.8) is 0 Å². The largest absolute Gasteiger partial charge is 0.357 e. The number of rotatable bonds is 9. The quantitative estimate of drug-likeness (QED) is 0.264. The molecule has 0 spiro atoms. The second-order valence-electron chi connectivity index (χ2n) is 6.47. The number of aromatic nitrogens is 5. The Morgan fingerprint density at radius 2 is 1.86 bits per heavy atom. The minimum atomic E-state index is 0. The van der Waals surface area contributed by atoms with Gasteiger partial charge in [-0.25, -0.2) is 9.98 Å². The van der Waals surface area contributed by atoms with Crippen molar-refractivity contribution >= 4 is 29.9 Å². The van der Waals surface area contributed by atoms with Crippen LogP contribution >= 0.6 is 24.0 Å². The molecular weight excluding hydrogens is 479 g/mol. The van der Waals surface area contributed by atoms with E-state index in [0.29, 0.717) is 6.54 Å². The molecule has 156 valence electrons. The van der Waals surface area contributed by atoms with Gasteiger partial charge < -0.3 is 19.8 Å². The average molecular weight is 508 g/mol. The molecule has 0 aliphatic heterocycles. The number of hydrogen-bond donors (Lipinski definition) is 2. The third-order valence-corrected chi connectivity index (χ3v) is 4.37. The first-order valence-electron chi connectivity index (χ1n) is 9.71. The van der Waals surface area contributed by atoms with Crippen LogP contribution < -0.4 is 10.6 Å². The van der Waals surface area contributed by atoms with Gasteiger partial charge in [0, 0.05) is 45.0 Å². The molecule has 0 atom stereocenters. The first-order chi connectivity index (χ1) is 13.8. The van der Waals surface area contributed by atoms with Crippen LogP contribution in [-0.4, -0.2) is 43.4 Å².